The Morgan fingerprint density at radius 3 is 2.48 bits per heavy atom. The van der Waals surface area contributed by atoms with E-state index >= 15 is 0 Å². The van der Waals surface area contributed by atoms with Gasteiger partial charge in [-0.1, -0.05) is 12.1 Å². The number of nitrogens with two attached hydrogens (primary N) is 1. The Labute approximate surface area is 181 Å². The largest absolute Gasteiger partial charge is 0.494 e. The van der Waals surface area contributed by atoms with Crippen molar-refractivity contribution in [2.75, 3.05) is 18.5 Å². The molecular formula is C23H27N5O3. The lowest BCUT2D eigenvalue weighted by atomic mass is 10.1. The second-order valence-corrected chi connectivity index (χ2v) is 7.02. The van der Waals surface area contributed by atoms with Gasteiger partial charge in [-0.15, -0.1) is 0 Å². The number of amides is 3. The number of hydrogen-bond acceptors (Lipinski definition) is 4. The van der Waals surface area contributed by atoms with Crippen molar-refractivity contribution in [1.29, 1.82) is 0 Å². The molecule has 2 aromatic carbocycles. The second-order valence-electron chi connectivity index (χ2n) is 7.02. The zero-order chi connectivity index (χ0) is 22.1. The molecule has 31 heavy (non-hydrogen) atoms. The van der Waals surface area contributed by atoms with E-state index in [1.165, 1.54) is 0 Å². The summed E-state index contributed by atoms with van der Waals surface area (Å²) in [7, 11) is 0. The highest BCUT2D eigenvalue weighted by Crippen LogP contribution is 2.17. The lowest BCUT2D eigenvalue weighted by Gasteiger charge is -2.23. The van der Waals surface area contributed by atoms with Gasteiger partial charge in [0.2, 0.25) is 0 Å². The maximum absolute atomic E-state index is 13.2. The van der Waals surface area contributed by atoms with Crippen LogP contribution in [0.4, 0.5) is 10.5 Å². The Morgan fingerprint density at radius 2 is 1.87 bits per heavy atom. The van der Waals surface area contributed by atoms with E-state index in [4.69, 9.17) is 10.5 Å². The molecule has 3 amide bonds. The average molecular weight is 422 g/mol. The maximum atomic E-state index is 13.2. The van der Waals surface area contributed by atoms with Crippen molar-refractivity contribution in [3.05, 3.63) is 78.4 Å². The molecule has 0 aliphatic rings. The molecule has 0 fully saturated rings. The number of benzene rings is 2. The van der Waals surface area contributed by atoms with E-state index in [0.717, 1.165) is 24.3 Å². The van der Waals surface area contributed by atoms with Crippen LogP contribution in [-0.4, -0.2) is 39.5 Å². The fourth-order valence-corrected chi connectivity index (χ4v) is 3.21. The van der Waals surface area contributed by atoms with Gasteiger partial charge in [-0.05, 0) is 55.3 Å². The summed E-state index contributed by atoms with van der Waals surface area (Å²) in [5.74, 6) is 0.729. The standard InChI is InChI=1S/C23H27N5O3/c1-2-31-21-10-4-18(5-11-21)16-28(14-3-13-27-15-12-25-17-27)22(29)19-6-8-20(9-7-19)26-23(24)30/h4-12,15,17H,2-3,13-14,16H2,1H3,(H3,24,26,30). The monoisotopic (exact) mass is 421 g/mol. The molecule has 0 bridgehead atoms. The Balaban J connectivity index is 1.71. The molecule has 0 spiro atoms. The lowest BCUT2D eigenvalue weighted by molar-refractivity contribution is 0.0739. The molecule has 0 atom stereocenters. The molecule has 0 aliphatic carbocycles. The minimum atomic E-state index is -0.643. The third-order valence-electron chi connectivity index (χ3n) is 4.70. The van der Waals surface area contributed by atoms with E-state index in [9.17, 15) is 9.59 Å². The zero-order valence-electron chi connectivity index (χ0n) is 17.5. The summed E-state index contributed by atoms with van der Waals surface area (Å²) < 4.78 is 7.49. The van der Waals surface area contributed by atoms with Crippen LogP contribution < -0.4 is 15.8 Å². The van der Waals surface area contributed by atoms with Crippen molar-refractivity contribution in [1.82, 2.24) is 14.5 Å². The molecule has 3 aromatic rings. The molecule has 8 nitrogen and oxygen atoms in total. The van der Waals surface area contributed by atoms with Gasteiger partial charge in [0.15, 0.2) is 0 Å². The van der Waals surface area contributed by atoms with Crippen molar-refractivity contribution in [3.63, 3.8) is 0 Å². The molecule has 0 unspecified atom stereocenters. The molecule has 0 radical (unpaired) electrons. The van der Waals surface area contributed by atoms with Gasteiger partial charge in [0.05, 0.1) is 12.9 Å². The number of carbonyl (C=O) groups excluding carboxylic acids is 2. The van der Waals surface area contributed by atoms with Crippen LogP contribution in [0.15, 0.2) is 67.3 Å². The first-order valence-electron chi connectivity index (χ1n) is 10.2. The van der Waals surface area contributed by atoms with Crippen LogP contribution in [0.3, 0.4) is 0 Å². The summed E-state index contributed by atoms with van der Waals surface area (Å²) in [6, 6.07) is 13.8. The van der Waals surface area contributed by atoms with E-state index in [-0.39, 0.29) is 5.91 Å². The van der Waals surface area contributed by atoms with E-state index in [1.54, 1.807) is 36.8 Å². The third-order valence-corrected chi connectivity index (χ3v) is 4.70. The Kier molecular flexibility index (Phi) is 7.64. The molecule has 3 rings (SSSR count). The number of rotatable bonds is 10. The van der Waals surface area contributed by atoms with E-state index in [2.05, 4.69) is 10.3 Å². The maximum Gasteiger partial charge on any atom is 0.316 e. The summed E-state index contributed by atoms with van der Waals surface area (Å²) in [6.07, 6.45) is 6.21. The minimum absolute atomic E-state index is 0.0786. The summed E-state index contributed by atoms with van der Waals surface area (Å²) in [5, 5.41) is 2.50. The molecule has 1 heterocycles. The van der Waals surface area contributed by atoms with Crippen LogP contribution >= 0.6 is 0 Å². The van der Waals surface area contributed by atoms with Gasteiger partial charge in [-0.25, -0.2) is 9.78 Å². The summed E-state index contributed by atoms with van der Waals surface area (Å²) in [4.78, 5) is 30.1. The van der Waals surface area contributed by atoms with Crippen LogP contribution in [0.2, 0.25) is 0 Å². The van der Waals surface area contributed by atoms with Crippen molar-refractivity contribution >= 4 is 17.6 Å². The predicted molar refractivity (Wildman–Crippen MR) is 119 cm³/mol. The Morgan fingerprint density at radius 1 is 1.13 bits per heavy atom. The van der Waals surface area contributed by atoms with Gasteiger partial charge in [-0.3, -0.25) is 4.79 Å². The summed E-state index contributed by atoms with van der Waals surface area (Å²) in [5.41, 5.74) is 7.25. The van der Waals surface area contributed by atoms with Gasteiger partial charge in [0.1, 0.15) is 5.75 Å². The summed E-state index contributed by atoms with van der Waals surface area (Å²) >= 11 is 0. The summed E-state index contributed by atoms with van der Waals surface area (Å²) in [6.45, 7) is 4.40. The first-order chi connectivity index (χ1) is 15.0. The predicted octanol–water partition coefficient (Wildman–Crippen LogP) is 3.51. The Bertz CT molecular complexity index is 969. The number of nitrogens with zero attached hydrogens (tertiary/aromatic N) is 3. The molecule has 1 aromatic heterocycles. The number of primary amides is 1. The number of aromatic nitrogens is 2. The van der Waals surface area contributed by atoms with Gasteiger partial charge in [0, 0.05) is 43.3 Å². The fraction of sp³-hybridized carbons (Fsp3) is 0.261. The first-order valence-corrected chi connectivity index (χ1v) is 10.2. The normalized spacial score (nSPS) is 10.5. The topological polar surface area (TPSA) is 102 Å². The van der Waals surface area contributed by atoms with E-state index in [1.807, 2.05) is 46.9 Å². The number of ether oxygens (including phenoxy) is 1. The molecule has 162 valence electrons. The third kappa shape index (κ3) is 6.60. The lowest BCUT2D eigenvalue weighted by Crippen LogP contribution is -2.32. The smallest absolute Gasteiger partial charge is 0.316 e. The van der Waals surface area contributed by atoms with Gasteiger partial charge < -0.3 is 25.3 Å². The highest BCUT2D eigenvalue weighted by Gasteiger charge is 2.16. The zero-order valence-corrected chi connectivity index (χ0v) is 17.5. The van der Waals surface area contributed by atoms with Crippen molar-refractivity contribution in [2.45, 2.75) is 26.4 Å². The molecular weight excluding hydrogens is 394 g/mol. The highest BCUT2D eigenvalue weighted by atomic mass is 16.5. The molecule has 3 N–H and O–H groups in total. The van der Waals surface area contributed by atoms with Crippen molar-refractivity contribution < 1.29 is 14.3 Å². The molecule has 0 saturated heterocycles. The van der Waals surface area contributed by atoms with Crippen LogP contribution in [0.5, 0.6) is 5.75 Å². The Hall–Kier alpha value is -3.81. The quantitative estimate of drug-likeness (QED) is 0.523. The van der Waals surface area contributed by atoms with E-state index < -0.39 is 6.03 Å². The SMILES string of the molecule is CCOc1ccc(CN(CCCn2ccnc2)C(=O)c2ccc(NC(N)=O)cc2)cc1. The number of nitrogens with one attached hydrogen (secondary N) is 1. The molecule has 8 heteroatoms. The van der Waals surface area contributed by atoms with Crippen LogP contribution in [0.1, 0.15) is 29.3 Å². The minimum Gasteiger partial charge on any atom is -0.494 e. The second kappa shape index (κ2) is 10.8. The van der Waals surface area contributed by atoms with Gasteiger partial charge in [-0.2, -0.15) is 0 Å². The van der Waals surface area contributed by atoms with Gasteiger partial charge in [0.25, 0.3) is 5.91 Å². The number of imidazole rings is 1. The number of urea groups is 1. The van der Waals surface area contributed by atoms with Crippen LogP contribution in [-0.2, 0) is 13.1 Å². The van der Waals surface area contributed by atoms with E-state index in [0.29, 0.717) is 30.9 Å². The molecule has 0 aliphatic heterocycles. The van der Waals surface area contributed by atoms with Crippen LogP contribution in [0.25, 0.3) is 0 Å². The van der Waals surface area contributed by atoms with Crippen LogP contribution in [0, 0.1) is 0 Å². The number of aryl methyl sites for hydroxylation is 1. The van der Waals surface area contributed by atoms with Crippen molar-refractivity contribution in [2.24, 2.45) is 5.73 Å². The molecule has 0 saturated carbocycles. The van der Waals surface area contributed by atoms with Crippen molar-refractivity contribution in [3.8, 4) is 5.75 Å². The average Bonchev–Trinajstić information content (AvgIpc) is 3.28. The van der Waals surface area contributed by atoms with Gasteiger partial charge >= 0.3 is 6.03 Å². The number of anilines is 1. The number of carbonyl (C=O) groups is 2. The highest BCUT2D eigenvalue weighted by molar-refractivity contribution is 5.95. The number of hydrogen-bond donors (Lipinski definition) is 2. The first kappa shape index (κ1) is 21.9. The fourth-order valence-electron chi connectivity index (χ4n) is 3.21.